The average molecular weight is 293 g/mol. The molecule has 0 unspecified atom stereocenters. The molecule has 6 heteroatoms. The third-order valence-electron chi connectivity index (χ3n) is 3.69. The van der Waals surface area contributed by atoms with Gasteiger partial charge in [0.15, 0.2) is 0 Å². The van der Waals surface area contributed by atoms with Gasteiger partial charge in [-0.25, -0.2) is 0 Å². The summed E-state index contributed by atoms with van der Waals surface area (Å²) in [4.78, 5) is 25.8. The highest BCUT2D eigenvalue weighted by molar-refractivity contribution is 6.38. The monoisotopic (exact) mass is 292 g/mol. The number of carbonyl (C=O) groups excluding carboxylic acids is 1. The molecule has 0 saturated heterocycles. The van der Waals surface area contributed by atoms with Crippen molar-refractivity contribution in [3.05, 3.63) is 35.0 Å². The van der Waals surface area contributed by atoms with E-state index in [0.717, 1.165) is 10.9 Å². The summed E-state index contributed by atoms with van der Waals surface area (Å²) >= 11 is 6.19. The number of hydrogen-bond acceptors (Lipinski definition) is 2. The highest BCUT2D eigenvalue weighted by Gasteiger charge is 2.35. The van der Waals surface area contributed by atoms with Gasteiger partial charge >= 0.3 is 5.97 Å². The molecular formula is C14H13ClN2O3. The van der Waals surface area contributed by atoms with E-state index in [2.05, 4.69) is 10.3 Å². The average Bonchev–Trinajstić information content (AvgIpc) is 2.71. The maximum absolute atomic E-state index is 12.1. The lowest BCUT2D eigenvalue weighted by atomic mass is 9.80. The van der Waals surface area contributed by atoms with Gasteiger partial charge in [-0.2, -0.15) is 0 Å². The number of H-pyrrole nitrogens is 1. The van der Waals surface area contributed by atoms with Crippen LogP contribution in [0.5, 0.6) is 0 Å². The van der Waals surface area contributed by atoms with Gasteiger partial charge in [-0.1, -0.05) is 29.8 Å². The predicted octanol–water partition coefficient (Wildman–Crippen LogP) is 2.41. The Labute approximate surface area is 119 Å². The maximum Gasteiger partial charge on any atom is 0.306 e. The molecule has 1 fully saturated rings. The van der Waals surface area contributed by atoms with Crippen LogP contribution in [0, 0.1) is 5.92 Å². The van der Waals surface area contributed by atoms with Crippen LogP contribution < -0.4 is 5.32 Å². The van der Waals surface area contributed by atoms with Crippen LogP contribution in [-0.2, 0) is 4.79 Å². The number of nitrogens with one attached hydrogen (secondary N) is 2. The Bertz CT molecular complexity index is 689. The van der Waals surface area contributed by atoms with E-state index in [9.17, 15) is 9.59 Å². The molecule has 0 atom stereocenters. The van der Waals surface area contributed by atoms with E-state index in [1.807, 2.05) is 24.3 Å². The summed E-state index contributed by atoms with van der Waals surface area (Å²) in [5.41, 5.74) is 1.13. The number of carboxylic acids is 1. The van der Waals surface area contributed by atoms with E-state index in [1.54, 1.807) is 0 Å². The number of rotatable bonds is 3. The van der Waals surface area contributed by atoms with Crippen molar-refractivity contribution in [1.82, 2.24) is 10.3 Å². The Hall–Kier alpha value is -2.01. The number of halogens is 1. The molecule has 0 spiro atoms. The molecule has 2 aromatic rings. The number of aromatic nitrogens is 1. The number of para-hydroxylation sites is 1. The molecule has 1 aliphatic rings. The van der Waals surface area contributed by atoms with E-state index in [4.69, 9.17) is 16.7 Å². The van der Waals surface area contributed by atoms with E-state index >= 15 is 0 Å². The van der Waals surface area contributed by atoms with Gasteiger partial charge in [0.2, 0.25) is 0 Å². The first-order valence-corrected chi connectivity index (χ1v) is 6.74. The number of carboxylic acid groups (broad SMARTS) is 1. The zero-order chi connectivity index (χ0) is 14.3. The van der Waals surface area contributed by atoms with Crippen molar-refractivity contribution in [2.75, 3.05) is 0 Å². The number of aliphatic carboxylic acids is 1. The van der Waals surface area contributed by atoms with Crippen molar-refractivity contribution in [2.24, 2.45) is 5.92 Å². The predicted molar refractivity (Wildman–Crippen MR) is 74.9 cm³/mol. The quantitative estimate of drug-likeness (QED) is 0.812. The van der Waals surface area contributed by atoms with Crippen molar-refractivity contribution >= 4 is 34.4 Å². The molecule has 0 aliphatic heterocycles. The summed E-state index contributed by atoms with van der Waals surface area (Å²) in [5, 5.41) is 12.8. The van der Waals surface area contributed by atoms with Crippen LogP contribution in [0.15, 0.2) is 24.3 Å². The minimum absolute atomic E-state index is 0.0916. The van der Waals surface area contributed by atoms with E-state index in [0.29, 0.717) is 23.6 Å². The van der Waals surface area contributed by atoms with Gasteiger partial charge in [-0.3, -0.25) is 9.59 Å². The number of hydrogen-bond donors (Lipinski definition) is 3. The van der Waals surface area contributed by atoms with E-state index in [1.165, 1.54) is 0 Å². The van der Waals surface area contributed by atoms with Gasteiger partial charge < -0.3 is 15.4 Å². The maximum atomic E-state index is 12.1. The number of aromatic amines is 1. The largest absolute Gasteiger partial charge is 0.481 e. The van der Waals surface area contributed by atoms with Crippen LogP contribution in [0.25, 0.3) is 10.9 Å². The summed E-state index contributed by atoms with van der Waals surface area (Å²) in [6, 6.07) is 7.32. The lowest BCUT2D eigenvalue weighted by Gasteiger charge is -2.32. The van der Waals surface area contributed by atoms with Crippen molar-refractivity contribution < 1.29 is 14.7 Å². The van der Waals surface area contributed by atoms with Gasteiger partial charge in [0.25, 0.3) is 5.91 Å². The standard InChI is InChI=1S/C14H13ClN2O3/c15-11-9-3-1-2-4-10(9)17-12(11)13(18)16-8-5-7(6-8)14(19)20/h1-4,7-8,17H,5-6H2,(H,16,18)(H,19,20). The van der Waals surface area contributed by atoms with Crippen LogP contribution in [0.2, 0.25) is 5.02 Å². The third kappa shape index (κ3) is 2.14. The zero-order valence-corrected chi connectivity index (χ0v) is 11.3. The molecule has 1 aromatic heterocycles. The summed E-state index contributed by atoms with van der Waals surface area (Å²) in [6.07, 6.45) is 0.942. The van der Waals surface area contributed by atoms with Gasteiger partial charge in [-0.05, 0) is 18.9 Å². The van der Waals surface area contributed by atoms with Crippen LogP contribution in [-0.4, -0.2) is 28.0 Å². The molecular weight excluding hydrogens is 280 g/mol. The molecule has 1 aliphatic carbocycles. The second kappa shape index (κ2) is 4.83. The van der Waals surface area contributed by atoms with E-state index < -0.39 is 5.97 Å². The number of benzene rings is 1. The summed E-state index contributed by atoms with van der Waals surface area (Å²) in [7, 11) is 0. The smallest absolute Gasteiger partial charge is 0.306 e. The summed E-state index contributed by atoms with van der Waals surface area (Å²) in [6.45, 7) is 0. The van der Waals surface area contributed by atoms with Crippen LogP contribution >= 0.6 is 11.6 Å². The lowest BCUT2D eigenvalue weighted by Crippen LogP contribution is -2.46. The Balaban J connectivity index is 1.74. The molecule has 20 heavy (non-hydrogen) atoms. The zero-order valence-electron chi connectivity index (χ0n) is 10.5. The van der Waals surface area contributed by atoms with Crippen LogP contribution in [0.1, 0.15) is 23.3 Å². The number of fused-ring (bicyclic) bond motifs is 1. The molecule has 1 heterocycles. The van der Waals surface area contributed by atoms with Gasteiger partial charge in [0.1, 0.15) is 5.69 Å². The lowest BCUT2D eigenvalue weighted by molar-refractivity contribution is -0.145. The fraction of sp³-hybridized carbons (Fsp3) is 0.286. The highest BCUT2D eigenvalue weighted by Crippen LogP contribution is 2.30. The second-order valence-electron chi connectivity index (χ2n) is 5.04. The van der Waals surface area contributed by atoms with Crippen LogP contribution in [0.3, 0.4) is 0 Å². The first kappa shape index (κ1) is 13.0. The summed E-state index contributed by atoms with van der Waals surface area (Å²) in [5.74, 6) is -1.45. The van der Waals surface area contributed by atoms with Crippen molar-refractivity contribution in [3.8, 4) is 0 Å². The molecule has 1 amide bonds. The topological polar surface area (TPSA) is 82.2 Å². The molecule has 3 N–H and O–H groups in total. The molecule has 3 rings (SSSR count). The normalized spacial score (nSPS) is 21.4. The fourth-order valence-electron chi connectivity index (χ4n) is 2.46. The first-order valence-electron chi connectivity index (χ1n) is 6.36. The molecule has 0 bridgehead atoms. The third-order valence-corrected chi connectivity index (χ3v) is 4.08. The Kier molecular flexibility index (Phi) is 3.14. The van der Waals surface area contributed by atoms with Crippen LogP contribution in [0.4, 0.5) is 0 Å². The van der Waals surface area contributed by atoms with Crippen molar-refractivity contribution in [2.45, 2.75) is 18.9 Å². The van der Waals surface area contributed by atoms with Gasteiger partial charge in [-0.15, -0.1) is 0 Å². The molecule has 1 aromatic carbocycles. The number of amides is 1. The SMILES string of the molecule is O=C(NC1CC(C(=O)O)C1)c1[nH]c2ccccc2c1Cl. The minimum atomic E-state index is -0.806. The fourth-order valence-corrected chi connectivity index (χ4v) is 2.76. The number of carbonyl (C=O) groups is 2. The molecule has 5 nitrogen and oxygen atoms in total. The highest BCUT2D eigenvalue weighted by atomic mass is 35.5. The molecule has 0 radical (unpaired) electrons. The van der Waals surface area contributed by atoms with E-state index in [-0.39, 0.29) is 17.9 Å². The minimum Gasteiger partial charge on any atom is -0.481 e. The Morgan fingerprint density at radius 3 is 2.65 bits per heavy atom. The Morgan fingerprint density at radius 1 is 1.30 bits per heavy atom. The summed E-state index contributed by atoms with van der Waals surface area (Å²) < 4.78 is 0. The molecule has 1 saturated carbocycles. The van der Waals surface area contributed by atoms with Gasteiger partial charge in [0.05, 0.1) is 10.9 Å². The second-order valence-corrected chi connectivity index (χ2v) is 5.41. The first-order chi connectivity index (χ1) is 9.56. The van der Waals surface area contributed by atoms with Gasteiger partial charge in [0, 0.05) is 16.9 Å². The van der Waals surface area contributed by atoms with Crippen molar-refractivity contribution in [1.29, 1.82) is 0 Å². The Morgan fingerprint density at radius 2 is 2.00 bits per heavy atom. The van der Waals surface area contributed by atoms with Crippen molar-refractivity contribution in [3.63, 3.8) is 0 Å². The molecule has 104 valence electrons.